The number of ether oxygens (including phenoxy) is 1. The molecule has 0 aliphatic carbocycles. The molecule has 0 radical (unpaired) electrons. The summed E-state index contributed by atoms with van der Waals surface area (Å²) in [5.41, 5.74) is 6.73. The van der Waals surface area contributed by atoms with Gasteiger partial charge in [-0.2, -0.15) is 5.26 Å². The van der Waals surface area contributed by atoms with Gasteiger partial charge in [0.15, 0.2) is 12.4 Å². The molecule has 1 aromatic rings. The van der Waals surface area contributed by atoms with Crippen LogP contribution in [-0.4, -0.2) is 55.5 Å². The van der Waals surface area contributed by atoms with Crippen LogP contribution in [0.2, 0.25) is 0 Å². The number of rotatable bonds is 3. The van der Waals surface area contributed by atoms with E-state index >= 15 is 0 Å². The number of anilines is 1. The molecule has 1 aliphatic rings. The van der Waals surface area contributed by atoms with Crippen LogP contribution < -0.4 is 10.5 Å². The summed E-state index contributed by atoms with van der Waals surface area (Å²) in [5.74, 6) is 0.430. The fraction of sp³-hybridized carbons (Fsp3) is 0.429. The fourth-order valence-corrected chi connectivity index (χ4v) is 2.92. The maximum atomic E-state index is 12.1. The Morgan fingerprint density at radius 1 is 1.43 bits per heavy atom. The Hall–Kier alpha value is -1.53. The van der Waals surface area contributed by atoms with Crippen LogP contribution in [-0.2, 0) is 4.79 Å². The number of nitrogen functional groups attached to an aromatic ring is 1. The maximum Gasteiger partial charge on any atom is 0.260 e. The Morgan fingerprint density at radius 3 is 2.67 bits per heavy atom. The van der Waals surface area contributed by atoms with Crippen molar-refractivity contribution in [3.05, 3.63) is 21.3 Å². The van der Waals surface area contributed by atoms with E-state index in [9.17, 15) is 4.79 Å². The van der Waals surface area contributed by atoms with Crippen molar-refractivity contribution in [3.63, 3.8) is 0 Å². The van der Waals surface area contributed by atoms with Crippen LogP contribution in [0.1, 0.15) is 5.56 Å². The lowest BCUT2D eigenvalue weighted by atomic mass is 10.2. The summed E-state index contributed by atoms with van der Waals surface area (Å²) < 4.78 is 6.29. The van der Waals surface area contributed by atoms with Gasteiger partial charge >= 0.3 is 0 Å². The Labute approximate surface area is 137 Å². The molecular weight excluding hydrogens is 383 g/mol. The lowest BCUT2D eigenvalue weighted by Crippen LogP contribution is -2.48. The van der Waals surface area contributed by atoms with Crippen LogP contribution in [0.25, 0.3) is 0 Å². The topological polar surface area (TPSA) is 82.6 Å². The van der Waals surface area contributed by atoms with Gasteiger partial charge in [0.2, 0.25) is 0 Å². The SMILES string of the molecule is CN1CCN(C(=O)COc2c(N)cc(C#N)cc2I)CC1. The molecule has 112 valence electrons. The summed E-state index contributed by atoms with van der Waals surface area (Å²) in [5, 5.41) is 8.87. The van der Waals surface area contributed by atoms with E-state index in [1.807, 2.05) is 13.1 Å². The number of carbonyl (C=O) groups excluding carboxylic acids is 1. The first-order valence-corrected chi connectivity index (χ1v) is 7.67. The lowest BCUT2D eigenvalue weighted by molar-refractivity contribution is -0.134. The number of carbonyl (C=O) groups is 1. The van der Waals surface area contributed by atoms with Crippen molar-refractivity contribution < 1.29 is 9.53 Å². The Kier molecular flexibility index (Phi) is 5.25. The van der Waals surface area contributed by atoms with Crippen LogP contribution in [0.4, 0.5) is 5.69 Å². The van der Waals surface area contributed by atoms with Crippen molar-refractivity contribution >= 4 is 34.2 Å². The number of halogens is 1. The summed E-state index contributed by atoms with van der Waals surface area (Å²) in [6.45, 7) is 3.16. The van der Waals surface area contributed by atoms with Crippen molar-refractivity contribution in [2.45, 2.75) is 0 Å². The first-order chi connectivity index (χ1) is 10.0. The van der Waals surface area contributed by atoms with Crippen LogP contribution in [0, 0.1) is 14.9 Å². The van der Waals surface area contributed by atoms with Gasteiger partial charge in [0.05, 0.1) is 20.9 Å². The van der Waals surface area contributed by atoms with E-state index in [1.165, 1.54) is 0 Å². The normalized spacial score (nSPS) is 15.6. The minimum atomic E-state index is -0.0392. The molecule has 1 fully saturated rings. The summed E-state index contributed by atoms with van der Waals surface area (Å²) in [6.07, 6.45) is 0. The third kappa shape index (κ3) is 3.98. The molecule has 0 unspecified atom stereocenters. The molecule has 2 N–H and O–H groups in total. The largest absolute Gasteiger partial charge is 0.480 e. The number of piperazine rings is 1. The average molecular weight is 400 g/mol. The second kappa shape index (κ2) is 6.95. The number of nitrogens with zero attached hydrogens (tertiary/aromatic N) is 3. The van der Waals surface area contributed by atoms with Crippen molar-refractivity contribution in [1.29, 1.82) is 5.26 Å². The Balaban J connectivity index is 1.97. The van der Waals surface area contributed by atoms with Gasteiger partial charge < -0.3 is 20.3 Å². The molecule has 6 nitrogen and oxygen atoms in total. The third-order valence-electron chi connectivity index (χ3n) is 3.40. The number of hydrogen-bond donors (Lipinski definition) is 1. The van der Waals surface area contributed by atoms with Crippen LogP contribution in [0.5, 0.6) is 5.75 Å². The molecule has 0 aromatic heterocycles. The number of benzene rings is 1. The van der Waals surface area contributed by atoms with E-state index in [4.69, 9.17) is 15.7 Å². The monoisotopic (exact) mass is 400 g/mol. The molecule has 1 aliphatic heterocycles. The molecular formula is C14H17IN4O2. The first-order valence-electron chi connectivity index (χ1n) is 6.59. The van der Waals surface area contributed by atoms with Crippen LogP contribution in [0.15, 0.2) is 12.1 Å². The minimum Gasteiger partial charge on any atom is -0.480 e. The predicted octanol–water partition coefficient (Wildman–Crippen LogP) is 0.898. The van der Waals surface area contributed by atoms with E-state index in [-0.39, 0.29) is 12.5 Å². The quantitative estimate of drug-likeness (QED) is 0.602. The van der Waals surface area contributed by atoms with Gasteiger partial charge in [-0.1, -0.05) is 0 Å². The average Bonchev–Trinajstić information content (AvgIpc) is 2.46. The summed E-state index contributed by atoms with van der Waals surface area (Å²) in [7, 11) is 2.04. The van der Waals surface area contributed by atoms with Gasteiger partial charge in [-0.05, 0) is 41.8 Å². The highest BCUT2D eigenvalue weighted by Gasteiger charge is 2.20. The van der Waals surface area contributed by atoms with Gasteiger partial charge in [-0.25, -0.2) is 0 Å². The molecule has 0 saturated carbocycles. The van der Waals surface area contributed by atoms with E-state index < -0.39 is 0 Å². The van der Waals surface area contributed by atoms with Crippen LogP contribution >= 0.6 is 22.6 Å². The number of nitriles is 1. The number of likely N-dealkylation sites (N-methyl/N-ethyl adjacent to an activating group) is 1. The third-order valence-corrected chi connectivity index (χ3v) is 4.20. The van der Waals surface area contributed by atoms with Gasteiger partial charge in [0.1, 0.15) is 0 Å². The smallest absolute Gasteiger partial charge is 0.260 e. The van der Waals surface area contributed by atoms with Crippen molar-refractivity contribution in [2.24, 2.45) is 0 Å². The summed E-state index contributed by atoms with van der Waals surface area (Å²) in [4.78, 5) is 16.1. The standard InChI is InChI=1S/C14H17IN4O2/c1-18-2-4-19(5-3-18)13(20)9-21-14-11(15)6-10(8-16)7-12(14)17/h6-7H,2-5,9,17H2,1H3. The van der Waals surface area contributed by atoms with Gasteiger partial charge in [0, 0.05) is 26.2 Å². The Bertz CT molecular complexity index is 554. The lowest BCUT2D eigenvalue weighted by Gasteiger charge is -2.32. The van der Waals surface area contributed by atoms with Crippen molar-refractivity contribution in [2.75, 3.05) is 45.6 Å². The summed E-state index contributed by atoms with van der Waals surface area (Å²) >= 11 is 2.05. The molecule has 1 saturated heterocycles. The van der Waals surface area contributed by atoms with E-state index in [2.05, 4.69) is 27.5 Å². The number of hydrogen-bond acceptors (Lipinski definition) is 5. The highest BCUT2D eigenvalue weighted by atomic mass is 127. The zero-order valence-electron chi connectivity index (χ0n) is 11.8. The summed E-state index contributed by atoms with van der Waals surface area (Å²) in [6, 6.07) is 5.28. The molecule has 1 aromatic carbocycles. The van der Waals surface area contributed by atoms with Gasteiger partial charge in [0.25, 0.3) is 5.91 Å². The number of nitrogens with two attached hydrogens (primary N) is 1. The molecule has 7 heteroatoms. The van der Waals surface area contributed by atoms with Gasteiger partial charge in [-0.15, -0.1) is 0 Å². The van der Waals surface area contributed by atoms with E-state index in [0.717, 1.165) is 29.7 Å². The highest BCUT2D eigenvalue weighted by Crippen LogP contribution is 2.29. The number of amides is 1. The van der Waals surface area contributed by atoms with Crippen molar-refractivity contribution in [3.8, 4) is 11.8 Å². The zero-order chi connectivity index (χ0) is 15.4. The molecule has 0 atom stereocenters. The zero-order valence-corrected chi connectivity index (χ0v) is 14.0. The predicted molar refractivity (Wildman–Crippen MR) is 87.9 cm³/mol. The van der Waals surface area contributed by atoms with Crippen LogP contribution in [0.3, 0.4) is 0 Å². The molecule has 1 amide bonds. The molecule has 0 bridgehead atoms. The molecule has 21 heavy (non-hydrogen) atoms. The Morgan fingerprint density at radius 2 is 2.10 bits per heavy atom. The molecule has 1 heterocycles. The second-order valence-electron chi connectivity index (χ2n) is 4.96. The first kappa shape index (κ1) is 15.9. The van der Waals surface area contributed by atoms with E-state index in [0.29, 0.717) is 17.0 Å². The van der Waals surface area contributed by atoms with Crippen molar-refractivity contribution in [1.82, 2.24) is 9.80 Å². The molecule has 0 spiro atoms. The highest BCUT2D eigenvalue weighted by molar-refractivity contribution is 14.1. The van der Waals surface area contributed by atoms with E-state index in [1.54, 1.807) is 17.0 Å². The maximum absolute atomic E-state index is 12.1. The van der Waals surface area contributed by atoms with Gasteiger partial charge in [-0.3, -0.25) is 4.79 Å². The second-order valence-corrected chi connectivity index (χ2v) is 6.12. The molecule has 2 rings (SSSR count). The fourth-order valence-electron chi connectivity index (χ4n) is 2.11. The minimum absolute atomic E-state index is 0.0319.